The monoisotopic (exact) mass is 520 g/mol. The van der Waals surface area contributed by atoms with Gasteiger partial charge in [-0.2, -0.15) is 5.26 Å². The van der Waals surface area contributed by atoms with Gasteiger partial charge in [-0.1, -0.05) is 23.6 Å². The fraction of sp³-hybridized carbons (Fsp3) is 0.182. The van der Waals surface area contributed by atoms with E-state index in [1.807, 2.05) is 19.9 Å². The third-order valence-corrected chi connectivity index (χ3v) is 4.95. The van der Waals surface area contributed by atoms with Gasteiger partial charge in [-0.25, -0.2) is 0 Å². The Labute approximate surface area is 188 Å². The molecule has 0 heterocycles. The maximum atomic E-state index is 12.5. The molecule has 0 atom stereocenters. The number of halogens is 2. The van der Waals surface area contributed by atoms with Crippen LogP contribution in [0.1, 0.15) is 18.1 Å². The lowest BCUT2D eigenvalue weighted by atomic mass is 10.1. The number of anilines is 1. The second-order valence-electron chi connectivity index (χ2n) is 5.84. The van der Waals surface area contributed by atoms with Crippen LogP contribution in [0.25, 0.3) is 6.08 Å². The van der Waals surface area contributed by atoms with Crippen LogP contribution in [0.4, 0.5) is 5.69 Å². The van der Waals surface area contributed by atoms with Crippen molar-refractivity contribution in [2.24, 2.45) is 0 Å². The number of terminal acetylenes is 1. The van der Waals surface area contributed by atoms with E-state index < -0.39 is 5.91 Å². The molecule has 5 nitrogen and oxygen atoms in total. The normalized spacial score (nSPS) is 10.6. The number of carbonyl (C=O) groups excluding carboxylic acids is 1. The van der Waals surface area contributed by atoms with Crippen LogP contribution in [0.3, 0.4) is 0 Å². The zero-order valence-corrected chi connectivity index (χ0v) is 18.8. The number of aryl methyl sites for hydroxylation is 1. The van der Waals surface area contributed by atoms with Crippen molar-refractivity contribution in [2.45, 2.75) is 13.8 Å². The summed E-state index contributed by atoms with van der Waals surface area (Å²) in [5.74, 6) is 2.90. The summed E-state index contributed by atoms with van der Waals surface area (Å²) in [4.78, 5) is 12.5. The van der Waals surface area contributed by atoms with Crippen LogP contribution < -0.4 is 14.8 Å². The molecule has 0 aliphatic carbocycles. The van der Waals surface area contributed by atoms with Crippen LogP contribution in [-0.2, 0) is 4.79 Å². The Bertz CT molecular complexity index is 1040. The summed E-state index contributed by atoms with van der Waals surface area (Å²) in [7, 11) is 0. The van der Waals surface area contributed by atoms with E-state index in [4.69, 9.17) is 27.5 Å². The van der Waals surface area contributed by atoms with Crippen LogP contribution in [0.15, 0.2) is 35.9 Å². The molecule has 0 aromatic heterocycles. The minimum Gasteiger partial charge on any atom is -0.490 e. The van der Waals surface area contributed by atoms with Crippen molar-refractivity contribution in [3.05, 3.63) is 55.6 Å². The maximum absolute atomic E-state index is 12.5. The number of benzene rings is 2. The van der Waals surface area contributed by atoms with Crippen molar-refractivity contribution in [1.29, 1.82) is 5.26 Å². The lowest BCUT2D eigenvalue weighted by molar-refractivity contribution is -0.112. The predicted octanol–water partition coefficient (Wildman–Crippen LogP) is 5.21. The highest BCUT2D eigenvalue weighted by Gasteiger charge is 2.14. The zero-order chi connectivity index (χ0) is 21.4. The molecule has 7 heteroatoms. The molecule has 29 heavy (non-hydrogen) atoms. The number of nitrogens with one attached hydrogen (secondary N) is 1. The summed E-state index contributed by atoms with van der Waals surface area (Å²) >= 11 is 8.18. The van der Waals surface area contributed by atoms with Gasteiger partial charge in [0.15, 0.2) is 11.5 Å². The molecule has 2 aromatic carbocycles. The lowest BCUT2D eigenvalue weighted by Crippen LogP contribution is -2.13. The van der Waals surface area contributed by atoms with Gasteiger partial charge in [0.05, 0.1) is 10.2 Å². The van der Waals surface area contributed by atoms with Crippen molar-refractivity contribution in [2.75, 3.05) is 18.5 Å². The standard InChI is InChI=1S/C22H18ClIN2O3/c1-4-8-29-21-19(24)10-15(11-20(21)28-5-2)9-16(13-25)22(27)26-17-7-6-14(3)18(23)12-17/h1,6-7,9-12H,5,8H2,2-3H3,(H,26,27)/b16-9-. The predicted molar refractivity (Wildman–Crippen MR) is 123 cm³/mol. The number of ether oxygens (including phenoxy) is 2. The SMILES string of the molecule is C#CCOc1c(I)cc(/C=C(/C#N)C(=O)Nc2ccc(C)c(Cl)c2)cc1OCC. The van der Waals surface area contributed by atoms with Gasteiger partial charge < -0.3 is 14.8 Å². The van der Waals surface area contributed by atoms with Gasteiger partial charge in [-0.15, -0.1) is 6.42 Å². The van der Waals surface area contributed by atoms with Crippen LogP contribution in [-0.4, -0.2) is 19.1 Å². The van der Waals surface area contributed by atoms with Gasteiger partial charge in [0.1, 0.15) is 18.2 Å². The second-order valence-corrected chi connectivity index (χ2v) is 7.41. The number of hydrogen-bond donors (Lipinski definition) is 1. The van der Waals surface area contributed by atoms with Crippen LogP contribution >= 0.6 is 34.2 Å². The van der Waals surface area contributed by atoms with Crippen LogP contribution in [0.5, 0.6) is 11.5 Å². The number of amides is 1. The molecule has 1 N–H and O–H groups in total. The number of nitriles is 1. The van der Waals surface area contributed by atoms with Crippen LogP contribution in [0, 0.1) is 34.2 Å². The Kier molecular flexibility index (Phi) is 8.38. The topological polar surface area (TPSA) is 71.3 Å². The molecule has 0 radical (unpaired) electrons. The van der Waals surface area contributed by atoms with E-state index in [0.29, 0.717) is 34.4 Å². The second kappa shape index (κ2) is 10.8. The van der Waals surface area contributed by atoms with Gasteiger partial charge in [0.25, 0.3) is 5.91 Å². The molecule has 0 aliphatic rings. The fourth-order valence-electron chi connectivity index (χ4n) is 2.37. The van der Waals surface area contributed by atoms with E-state index in [0.717, 1.165) is 9.13 Å². The smallest absolute Gasteiger partial charge is 0.266 e. The number of rotatable bonds is 7. The van der Waals surface area contributed by atoms with Crippen molar-refractivity contribution < 1.29 is 14.3 Å². The molecular weight excluding hydrogens is 503 g/mol. The third kappa shape index (κ3) is 6.15. The average molecular weight is 521 g/mol. The summed E-state index contributed by atoms with van der Waals surface area (Å²) in [6, 6.07) is 10.6. The van der Waals surface area contributed by atoms with E-state index >= 15 is 0 Å². The molecule has 0 saturated carbocycles. The van der Waals surface area contributed by atoms with Crippen molar-refractivity contribution in [3.8, 4) is 29.9 Å². The Morgan fingerprint density at radius 2 is 2.10 bits per heavy atom. The fourth-order valence-corrected chi connectivity index (χ4v) is 3.33. The summed E-state index contributed by atoms with van der Waals surface area (Å²) in [5, 5.41) is 12.7. The van der Waals surface area contributed by atoms with Gasteiger partial charge >= 0.3 is 0 Å². The lowest BCUT2D eigenvalue weighted by Gasteiger charge is -2.13. The Hall–Kier alpha value is -2.68. The molecule has 2 rings (SSSR count). The molecule has 0 fully saturated rings. The van der Waals surface area contributed by atoms with Crippen LogP contribution in [0.2, 0.25) is 5.02 Å². The average Bonchev–Trinajstić information content (AvgIpc) is 2.68. The number of nitrogens with zero attached hydrogens (tertiary/aromatic N) is 1. The summed E-state index contributed by atoms with van der Waals surface area (Å²) < 4.78 is 11.9. The molecular formula is C22H18ClIN2O3. The zero-order valence-electron chi connectivity index (χ0n) is 15.9. The maximum Gasteiger partial charge on any atom is 0.266 e. The first-order chi connectivity index (χ1) is 13.9. The van der Waals surface area contributed by atoms with Gasteiger partial charge in [0, 0.05) is 10.7 Å². The molecule has 0 saturated heterocycles. The first kappa shape index (κ1) is 22.6. The molecule has 148 valence electrons. The number of hydrogen-bond acceptors (Lipinski definition) is 4. The van der Waals surface area contributed by atoms with Gasteiger partial charge in [-0.05, 0) is 77.9 Å². The number of carbonyl (C=O) groups is 1. The molecule has 2 aromatic rings. The Morgan fingerprint density at radius 1 is 1.34 bits per heavy atom. The van der Waals surface area contributed by atoms with E-state index in [9.17, 15) is 10.1 Å². The largest absolute Gasteiger partial charge is 0.490 e. The molecule has 0 spiro atoms. The highest BCUT2D eigenvalue weighted by molar-refractivity contribution is 14.1. The van der Waals surface area contributed by atoms with Gasteiger partial charge in [0.2, 0.25) is 0 Å². The van der Waals surface area contributed by atoms with Crippen molar-refractivity contribution in [3.63, 3.8) is 0 Å². The minimum atomic E-state index is -0.534. The summed E-state index contributed by atoms with van der Waals surface area (Å²) in [6.07, 6.45) is 6.75. The minimum absolute atomic E-state index is 0.0581. The van der Waals surface area contributed by atoms with Gasteiger partial charge in [-0.3, -0.25) is 4.79 Å². The quantitative estimate of drug-likeness (QED) is 0.235. The van der Waals surface area contributed by atoms with Crippen molar-refractivity contribution >= 4 is 51.9 Å². The summed E-state index contributed by atoms with van der Waals surface area (Å²) in [5.41, 5.74) is 1.97. The molecule has 0 aliphatic heterocycles. The van der Waals surface area contributed by atoms with E-state index in [-0.39, 0.29) is 12.2 Å². The van der Waals surface area contributed by atoms with E-state index in [2.05, 4.69) is 33.8 Å². The highest BCUT2D eigenvalue weighted by Crippen LogP contribution is 2.35. The molecule has 0 bridgehead atoms. The highest BCUT2D eigenvalue weighted by atomic mass is 127. The first-order valence-corrected chi connectivity index (χ1v) is 10.1. The van der Waals surface area contributed by atoms with E-state index in [1.165, 1.54) is 6.08 Å². The first-order valence-electron chi connectivity index (χ1n) is 8.61. The van der Waals surface area contributed by atoms with E-state index in [1.54, 1.807) is 30.3 Å². The summed E-state index contributed by atoms with van der Waals surface area (Å²) in [6.45, 7) is 4.25. The molecule has 1 amide bonds. The Morgan fingerprint density at radius 3 is 2.72 bits per heavy atom. The molecule has 0 unspecified atom stereocenters. The Balaban J connectivity index is 2.33. The third-order valence-electron chi connectivity index (χ3n) is 3.74. The van der Waals surface area contributed by atoms with Crippen molar-refractivity contribution in [1.82, 2.24) is 0 Å².